The van der Waals surface area contributed by atoms with Gasteiger partial charge in [0.1, 0.15) is 11.5 Å². The van der Waals surface area contributed by atoms with Gasteiger partial charge in [0.05, 0.1) is 11.1 Å². The third-order valence-corrected chi connectivity index (χ3v) is 2.37. The van der Waals surface area contributed by atoms with Gasteiger partial charge in [-0.15, -0.1) is 0 Å². The lowest BCUT2D eigenvalue weighted by Gasteiger charge is -1.95. The minimum absolute atomic E-state index is 0.111. The summed E-state index contributed by atoms with van der Waals surface area (Å²) in [7, 11) is 0. The number of anilines is 1. The molecule has 0 aliphatic rings. The van der Waals surface area contributed by atoms with Gasteiger partial charge in [0.25, 0.3) is 5.91 Å². The molecule has 8 N–H and O–H groups in total. The van der Waals surface area contributed by atoms with Crippen molar-refractivity contribution in [2.24, 2.45) is 17.2 Å². The molecule has 3 amide bonds. The highest BCUT2D eigenvalue weighted by molar-refractivity contribution is 5.94. The highest BCUT2D eigenvalue weighted by Gasteiger charge is 2.03. The van der Waals surface area contributed by atoms with Gasteiger partial charge in [-0.2, -0.15) is 0 Å². The molecule has 2 heterocycles. The van der Waals surface area contributed by atoms with E-state index in [1.807, 2.05) is 0 Å². The van der Waals surface area contributed by atoms with Crippen LogP contribution in [-0.4, -0.2) is 27.7 Å². The second kappa shape index (κ2) is 7.33. The van der Waals surface area contributed by atoms with E-state index in [-0.39, 0.29) is 11.3 Å². The maximum Gasteiger partial charge on any atom is 0.267 e. The first-order valence-electron chi connectivity index (χ1n) is 5.88. The molecule has 0 saturated heterocycles. The number of pyridine rings is 2. The second-order valence-electron chi connectivity index (χ2n) is 4.00. The quantitative estimate of drug-likeness (QED) is 0.566. The molecule has 0 radical (unpaired) electrons. The van der Waals surface area contributed by atoms with Crippen molar-refractivity contribution >= 4 is 23.5 Å². The number of hydrogen-bond donors (Lipinski definition) is 4. The first-order chi connectivity index (χ1) is 10.3. The van der Waals surface area contributed by atoms with Crippen LogP contribution >= 0.6 is 0 Å². The Bertz CT molecular complexity index is 649. The van der Waals surface area contributed by atoms with Crippen LogP contribution in [0.2, 0.25) is 0 Å². The van der Waals surface area contributed by atoms with E-state index in [0.29, 0.717) is 11.4 Å². The van der Waals surface area contributed by atoms with Crippen LogP contribution in [0.25, 0.3) is 0 Å². The predicted molar refractivity (Wildman–Crippen MR) is 78.4 cm³/mol. The average molecular weight is 302 g/mol. The molecule has 0 fully saturated rings. The zero-order chi connectivity index (χ0) is 16.7. The Morgan fingerprint density at radius 2 is 1.23 bits per heavy atom. The molecule has 2 aromatic rings. The lowest BCUT2D eigenvalue weighted by Crippen LogP contribution is -2.15. The molecule has 22 heavy (non-hydrogen) atoms. The topological polar surface area (TPSA) is 181 Å². The van der Waals surface area contributed by atoms with E-state index >= 15 is 0 Å². The number of carbonyl (C=O) groups excluding carboxylic acids is 3. The van der Waals surface area contributed by atoms with Crippen molar-refractivity contribution in [2.45, 2.75) is 0 Å². The first kappa shape index (κ1) is 16.6. The van der Waals surface area contributed by atoms with E-state index in [2.05, 4.69) is 9.97 Å². The van der Waals surface area contributed by atoms with Gasteiger partial charge < -0.3 is 22.9 Å². The largest absolute Gasteiger partial charge is 0.384 e. The summed E-state index contributed by atoms with van der Waals surface area (Å²) in [6.45, 7) is 0. The van der Waals surface area contributed by atoms with E-state index in [0.717, 1.165) is 0 Å². The maximum absolute atomic E-state index is 10.5. The molecular formula is C13H14N6O3. The number of amides is 3. The monoisotopic (exact) mass is 302 g/mol. The van der Waals surface area contributed by atoms with Crippen LogP contribution < -0.4 is 22.9 Å². The molecule has 0 bridgehead atoms. The molecule has 114 valence electrons. The van der Waals surface area contributed by atoms with Crippen molar-refractivity contribution in [2.75, 3.05) is 5.73 Å². The van der Waals surface area contributed by atoms with Crippen LogP contribution in [-0.2, 0) is 0 Å². The Morgan fingerprint density at radius 1 is 0.727 bits per heavy atom. The van der Waals surface area contributed by atoms with Gasteiger partial charge in [-0.05, 0) is 24.3 Å². The number of nitrogen functional groups attached to an aromatic ring is 1. The molecule has 0 unspecified atom stereocenters. The average Bonchev–Trinajstić information content (AvgIpc) is 2.48. The van der Waals surface area contributed by atoms with E-state index in [4.69, 9.17) is 22.9 Å². The van der Waals surface area contributed by atoms with Crippen LogP contribution in [0.3, 0.4) is 0 Å². The van der Waals surface area contributed by atoms with Crippen molar-refractivity contribution < 1.29 is 14.4 Å². The normalized spacial score (nSPS) is 9.27. The van der Waals surface area contributed by atoms with Crippen LogP contribution in [0.5, 0.6) is 0 Å². The molecule has 2 aromatic heterocycles. The summed E-state index contributed by atoms with van der Waals surface area (Å²) < 4.78 is 0. The number of hydrogen-bond acceptors (Lipinski definition) is 6. The van der Waals surface area contributed by atoms with Crippen LogP contribution in [0, 0.1) is 0 Å². The number of aromatic nitrogens is 2. The summed E-state index contributed by atoms with van der Waals surface area (Å²) >= 11 is 0. The molecule has 9 heteroatoms. The minimum Gasteiger partial charge on any atom is -0.384 e. The number of nitrogens with two attached hydrogens (primary N) is 4. The fraction of sp³-hybridized carbons (Fsp3) is 0. The lowest BCUT2D eigenvalue weighted by atomic mass is 10.2. The van der Waals surface area contributed by atoms with Gasteiger partial charge in [-0.25, -0.2) is 4.98 Å². The summed E-state index contributed by atoms with van der Waals surface area (Å²) in [5.41, 5.74) is 20.8. The summed E-state index contributed by atoms with van der Waals surface area (Å²) in [6, 6.07) is 5.81. The predicted octanol–water partition coefficient (Wildman–Crippen LogP) is -0.958. The summed E-state index contributed by atoms with van der Waals surface area (Å²) in [6.07, 6.45) is 2.56. The van der Waals surface area contributed by atoms with E-state index < -0.39 is 17.7 Å². The number of nitrogens with zero attached hydrogens (tertiary/aromatic N) is 2. The maximum atomic E-state index is 10.5. The zero-order valence-corrected chi connectivity index (χ0v) is 11.4. The summed E-state index contributed by atoms with van der Waals surface area (Å²) in [4.78, 5) is 38.8. The third kappa shape index (κ3) is 4.89. The Labute approximate surface area is 125 Å². The number of carbonyl (C=O) groups is 3. The van der Waals surface area contributed by atoms with Gasteiger partial charge in [0.2, 0.25) is 11.8 Å². The SMILES string of the molecule is NC(=O)c1ccc(C(N)=O)nc1.NC(=O)c1ccc(N)nc1. The van der Waals surface area contributed by atoms with Crippen molar-refractivity contribution in [1.82, 2.24) is 9.97 Å². The van der Waals surface area contributed by atoms with Crippen molar-refractivity contribution in [1.29, 1.82) is 0 Å². The molecular weight excluding hydrogens is 288 g/mol. The van der Waals surface area contributed by atoms with Gasteiger partial charge in [-0.3, -0.25) is 19.4 Å². The van der Waals surface area contributed by atoms with Crippen molar-refractivity contribution in [3.05, 3.63) is 53.5 Å². The fourth-order valence-corrected chi connectivity index (χ4v) is 1.24. The molecule has 0 aromatic carbocycles. The number of primary amides is 3. The molecule has 2 rings (SSSR count). The number of rotatable bonds is 3. The van der Waals surface area contributed by atoms with E-state index in [9.17, 15) is 14.4 Å². The van der Waals surface area contributed by atoms with Gasteiger partial charge in [0, 0.05) is 12.4 Å². The fourth-order valence-electron chi connectivity index (χ4n) is 1.24. The second-order valence-corrected chi connectivity index (χ2v) is 4.00. The summed E-state index contributed by atoms with van der Waals surface area (Å²) in [5, 5.41) is 0. The molecule has 0 saturated carbocycles. The smallest absolute Gasteiger partial charge is 0.267 e. The minimum atomic E-state index is -0.633. The Balaban J connectivity index is 0.000000224. The Morgan fingerprint density at radius 3 is 1.55 bits per heavy atom. The Kier molecular flexibility index (Phi) is 5.52. The first-order valence-corrected chi connectivity index (χ1v) is 5.88. The molecule has 0 spiro atoms. The van der Waals surface area contributed by atoms with E-state index in [1.54, 1.807) is 0 Å². The van der Waals surface area contributed by atoms with Crippen molar-refractivity contribution in [3.63, 3.8) is 0 Å². The van der Waals surface area contributed by atoms with Crippen LogP contribution in [0.4, 0.5) is 5.82 Å². The summed E-state index contributed by atoms with van der Waals surface area (Å²) in [5.74, 6) is -1.33. The molecule has 0 aliphatic carbocycles. The molecule has 0 atom stereocenters. The highest BCUT2D eigenvalue weighted by Crippen LogP contribution is 1.99. The third-order valence-electron chi connectivity index (χ3n) is 2.37. The van der Waals surface area contributed by atoms with Crippen LogP contribution in [0.1, 0.15) is 31.2 Å². The van der Waals surface area contributed by atoms with Crippen molar-refractivity contribution in [3.8, 4) is 0 Å². The Hall–Kier alpha value is -3.49. The van der Waals surface area contributed by atoms with Gasteiger partial charge in [0.15, 0.2) is 0 Å². The van der Waals surface area contributed by atoms with E-state index in [1.165, 1.54) is 36.7 Å². The highest BCUT2D eigenvalue weighted by atomic mass is 16.2. The molecule has 0 aliphatic heterocycles. The van der Waals surface area contributed by atoms with Gasteiger partial charge >= 0.3 is 0 Å². The molecule has 9 nitrogen and oxygen atoms in total. The van der Waals surface area contributed by atoms with Gasteiger partial charge in [-0.1, -0.05) is 0 Å². The lowest BCUT2D eigenvalue weighted by molar-refractivity contribution is 0.0984. The standard InChI is InChI=1S/C7H7N3O2.C6H7N3O/c8-6(11)4-1-2-5(7(9)12)10-3-4;7-5-2-1-4(3-9-5)6(8)10/h1-3H,(H2,8,11)(H2,9,12);1-3H,(H2,7,9)(H2,8,10). The van der Waals surface area contributed by atoms with Crippen LogP contribution in [0.15, 0.2) is 36.7 Å². The zero-order valence-electron chi connectivity index (χ0n) is 11.4.